The summed E-state index contributed by atoms with van der Waals surface area (Å²) >= 11 is 0. The van der Waals surface area contributed by atoms with Crippen molar-refractivity contribution in [1.82, 2.24) is 10.2 Å². The van der Waals surface area contributed by atoms with Crippen molar-refractivity contribution in [2.45, 2.75) is 25.3 Å². The van der Waals surface area contributed by atoms with Crippen LogP contribution in [0.4, 0.5) is 16.2 Å². The highest BCUT2D eigenvalue weighted by Crippen LogP contribution is 2.33. The number of hydrogen-bond acceptors (Lipinski definition) is 5. The van der Waals surface area contributed by atoms with Gasteiger partial charge in [-0.25, -0.2) is 4.79 Å². The van der Waals surface area contributed by atoms with Crippen molar-refractivity contribution in [2.75, 3.05) is 11.9 Å². The molecule has 29 heavy (non-hydrogen) atoms. The molecule has 2 aromatic carbocycles. The van der Waals surface area contributed by atoms with Gasteiger partial charge in [0, 0.05) is 6.07 Å². The number of nitro groups is 1. The van der Waals surface area contributed by atoms with Crippen molar-refractivity contribution in [2.24, 2.45) is 0 Å². The molecule has 1 fully saturated rings. The zero-order chi connectivity index (χ0) is 21.0. The number of amides is 4. The molecule has 0 bridgehead atoms. The molecule has 150 valence electrons. The van der Waals surface area contributed by atoms with Crippen LogP contribution in [-0.4, -0.2) is 34.2 Å². The molecular weight excluding hydrogens is 376 g/mol. The molecule has 4 amide bonds. The fraction of sp³-hybridized carbons (Fsp3) is 0.250. The van der Waals surface area contributed by atoms with Gasteiger partial charge in [-0.2, -0.15) is 0 Å². The van der Waals surface area contributed by atoms with E-state index in [1.165, 1.54) is 24.3 Å². The first-order valence-electron chi connectivity index (χ1n) is 9.12. The van der Waals surface area contributed by atoms with E-state index in [-0.39, 0.29) is 11.4 Å². The summed E-state index contributed by atoms with van der Waals surface area (Å²) in [5.74, 6) is -1.23. The molecule has 1 saturated heterocycles. The Labute approximate surface area is 166 Å². The molecule has 0 aromatic heterocycles. The second kappa shape index (κ2) is 8.09. The lowest BCUT2D eigenvalue weighted by molar-refractivity contribution is -0.383. The topological polar surface area (TPSA) is 122 Å². The van der Waals surface area contributed by atoms with Crippen LogP contribution in [0.5, 0.6) is 0 Å². The number of benzene rings is 2. The maximum atomic E-state index is 13.1. The molecule has 0 saturated carbocycles. The fourth-order valence-corrected chi connectivity index (χ4v) is 3.45. The first-order chi connectivity index (χ1) is 13.9. The van der Waals surface area contributed by atoms with E-state index in [4.69, 9.17) is 0 Å². The van der Waals surface area contributed by atoms with Gasteiger partial charge < -0.3 is 10.6 Å². The molecule has 1 aliphatic rings. The predicted octanol–water partition coefficient (Wildman–Crippen LogP) is 2.78. The summed E-state index contributed by atoms with van der Waals surface area (Å²) in [4.78, 5) is 49.4. The van der Waals surface area contributed by atoms with Crippen LogP contribution in [0.2, 0.25) is 0 Å². The molecule has 9 heteroatoms. The van der Waals surface area contributed by atoms with Crippen LogP contribution >= 0.6 is 0 Å². The zero-order valence-electron chi connectivity index (χ0n) is 15.8. The number of nitrogens with one attached hydrogen (secondary N) is 2. The van der Waals surface area contributed by atoms with Gasteiger partial charge in [-0.05, 0) is 18.1 Å². The van der Waals surface area contributed by atoms with Crippen LogP contribution in [0.1, 0.15) is 25.3 Å². The molecule has 3 rings (SSSR count). The number of nitro benzene ring substituents is 1. The smallest absolute Gasteiger partial charge is 0.319 e. The van der Waals surface area contributed by atoms with Crippen LogP contribution in [0.25, 0.3) is 0 Å². The standard InChI is InChI=1S/C20H20N4O5/c1-2-12-20(14-8-4-3-5-9-14)18(26)23(19(27)22-20)13-17(25)21-15-10-6-7-11-16(15)24(28)29/h3-11H,2,12-13H2,1H3,(H,21,25)(H,22,27)/t20-/m0/s1. The van der Waals surface area contributed by atoms with E-state index in [9.17, 15) is 24.5 Å². The SMILES string of the molecule is CCC[C@@]1(c2ccccc2)NC(=O)N(CC(=O)Nc2ccccc2[N+](=O)[O-])C1=O. The summed E-state index contributed by atoms with van der Waals surface area (Å²) in [7, 11) is 0. The summed E-state index contributed by atoms with van der Waals surface area (Å²) in [6, 6.07) is 13.8. The number of rotatable bonds is 7. The maximum Gasteiger partial charge on any atom is 0.325 e. The summed E-state index contributed by atoms with van der Waals surface area (Å²) in [6.07, 6.45) is 1.01. The molecule has 0 spiro atoms. The van der Waals surface area contributed by atoms with Crippen molar-refractivity contribution in [1.29, 1.82) is 0 Å². The Balaban J connectivity index is 1.81. The highest BCUT2D eigenvalue weighted by atomic mass is 16.6. The highest BCUT2D eigenvalue weighted by molar-refractivity contribution is 6.10. The molecule has 0 radical (unpaired) electrons. The van der Waals surface area contributed by atoms with Gasteiger partial charge in [-0.3, -0.25) is 24.6 Å². The van der Waals surface area contributed by atoms with E-state index in [2.05, 4.69) is 10.6 Å². The van der Waals surface area contributed by atoms with Gasteiger partial charge in [-0.1, -0.05) is 55.8 Å². The number of imide groups is 1. The third-order valence-electron chi connectivity index (χ3n) is 4.74. The Kier molecular flexibility index (Phi) is 5.58. The number of anilines is 1. The number of hydrogen-bond donors (Lipinski definition) is 2. The van der Waals surface area contributed by atoms with Crippen LogP contribution in [0.15, 0.2) is 54.6 Å². The minimum absolute atomic E-state index is 0.00238. The quantitative estimate of drug-likeness (QED) is 0.423. The van der Waals surface area contributed by atoms with Gasteiger partial charge in [-0.15, -0.1) is 0 Å². The summed E-state index contributed by atoms with van der Waals surface area (Å²) in [5, 5.41) is 16.2. The van der Waals surface area contributed by atoms with Crippen LogP contribution in [-0.2, 0) is 15.1 Å². The molecule has 2 aromatic rings. The Morgan fingerprint density at radius 3 is 2.45 bits per heavy atom. The maximum absolute atomic E-state index is 13.1. The van der Waals surface area contributed by atoms with Crippen molar-refractivity contribution < 1.29 is 19.3 Å². The summed E-state index contributed by atoms with van der Waals surface area (Å²) in [6.45, 7) is 1.35. The van der Waals surface area contributed by atoms with E-state index < -0.39 is 34.9 Å². The minimum atomic E-state index is -1.23. The van der Waals surface area contributed by atoms with E-state index >= 15 is 0 Å². The molecule has 1 aliphatic heterocycles. The van der Waals surface area contributed by atoms with Crippen molar-refractivity contribution in [3.63, 3.8) is 0 Å². The van der Waals surface area contributed by atoms with Crippen LogP contribution < -0.4 is 10.6 Å². The van der Waals surface area contributed by atoms with Crippen LogP contribution in [0.3, 0.4) is 0 Å². The lowest BCUT2D eigenvalue weighted by atomic mass is 9.85. The largest absolute Gasteiger partial charge is 0.325 e. The van der Waals surface area contributed by atoms with Gasteiger partial charge in [0.1, 0.15) is 17.8 Å². The first kappa shape index (κ1) is 20.0. The van der Waals surface area contributed by atoms with E-state index in [0.717, 1.165) is 4.90 Å². The van der Waals surface area contributed by atoms with E-state index in [1.54, 1.807) is 24.3 Å². The number of para-hydroxylation sites is 2. The summed E-state index contributed by atoms with van der Waals surface area (Å²) in [5.41, 5.74) is -0.867. The normalized spacial score (nSPS) is 18.4. The summed E-state index contributed by atoms with van der Waals surface area (Å²) < 4.78 is 0. The predicted molar refractivity (Wildman–Crippen MR) is 105 cm³/mol. The minimum Gasteiger partial charge on any atom is -0.319 e. The van der Waals surface area contributed by atoms with Crippen molar-refractivity contribution >= 4 is 29.2 Å². The number of urea groups is 1. The third-order valence-corrected chi connectivity index (χ3v) is 4.74. The van der Waals surface area contributed by atoms with E-state index in [1.807, 2.05) is 13.0 Å². The average Bonchev–Trinajstić information content (AvgIpc) is 2.94. The lowest BCUT2D eigenvalue weighted by Crippen LogP contribution is -2.44. The van der Waals surface area contributed by atoms with Crippen molar-refractivity contribution in [3.05, 3.63) is 70.3 Å². The van der Waals surface area contributed by atoms with E-state index in [0.29, 0.717) is 18.4 Å². The van der Waals surface area contributed by atoms with Gasteiger partial charge in [0.2, 0.25) is 5.91 Å². The van der Waals surface area contributed by atoms with Gasteiger partial charge in [0.15, 0.2) is 0 Å². The lowest BCUT2D eigenvalue weighted by Gasteiger charge is -2.26. The molecule has 9 nitrogen and oxygen atoms in total. The van der Waals surface area contributed by atoms with Crippen molar-refractivity contribution in [3.8, 4) is 0 Å². The van der Waals surface area contributed by atoms with Gasteiger partial charge >= 0.3 is 6.03 Å². The van der Waals surface area contributed by atoms with Crippen LogP contribution in [0, 0.1) is 10.1 Å². The Morgan fingerprint density at radius 1 is 1.14 bits per heavy atom. The second-order valence-electron chi connectivity index (χ2n) is 6.67. The number of carbonyl (C=O) groups excluding carboxylic acids is 3. The molecule has 2 N–H and O–H groups in total. The van der Waals surface area contributed by atoms with Gasteiger partial charge in [0.05, 0.1) is 4.92 Å². The second-order valence-corrected chi connectivity index (χ2v) is 6.67. The molecule has 0 aliphatic carbocycles. The Bertz CT molecular complexity index is 962. The first-order valence-corrected chi connectivity index (χ1v) is 9.12. The molecule has 1 atom stereocenters. The fourth-order valence-electron chi connectivity index (χ4n) is 3.45. The number of nitrogens with zero attached hydrogens (tertiary/aromatic N) is 2. The van der Waals surface area contributed by atoms with Gasteiger partial charge in [0.25, 0.3) is 11.6 Å². The zero-order valence-corrected chi connectivity index (χ0v) is 15.8. The monoisotopic (exact) mass is 396 g/mol. The molecular formula is C20H20N4O5. The third kappa shape index (κ3) is 3.79. The number of carbonyl (C=O) groups is 3. The Morgan fingerprint density at radius 2 is 1.79 bits per heavy atom. The molecule has 1 heterocycles. The highest BCUT2D eigenvalue weighted by Gasteiger charge is 2.52. The Hall–Kier alpha value is -3.75. The average molecular weight is 396 g/mol. The molecule has 0 unspecified atom stereocenters.